The molecule has 0 saturated heterocycles. The van der Waals surface area contributed by atoms with Crippen LogP contribution in [0, 0.1) is 11.6 Å². The lowest BCUT2D eigenvalue weighted by Gasteiger charge is -2.16. The Bertz CT molecular complexity index is 644. The molecule has 0 saturated carbocycles. The maximum absolute atomic E-state index is 13.6. The fourth-order valence-corrected chi connectivity index (χ4v) is 1.92. The van der Waals surface area contributed by atoms with Crippen molar-refractivity contribution >= 4 is 11.7 Å². The van der Waals surface area contributed by atoms with Gasteiger partial charge in [-0.3, -0.25) is 0 Å². The Morgan fingerprint density at radius 2 is 1.95 bits per heavy atom. The third-order valence-corrected chi connectivity index (χ3v) is 2.92. The van der Waals surface area contributed by atoms with Crippen molar-refractivity contribution in [2.75, 3.05) is 5.32 Å². The molecular weight excluding hydrogens is 264 g/mol. The normalized spacial score (nSPS) is 11.9. The number of nitrogens with one attached hydrogen (secondary N) is 1. The molecule has 2 aromatic carbocycles. The Labute approximate surface area is 114 Å². The van der Waals surface area contributed by atoms with Crippen LogP contribution in [0.5, 0.6) is 0 Å². The Hall–Kier alpha value is -2.43. The average molecular weight is 277 g/mol. The summed E-state index contributed by atoms with van der Waals surface area (Å²) in [5.74, 6) is -2.08. The zero-order valence-corrected chi connectivity index (χ0v) is 10.7. The van der Waals surface area contributed by atoms with E-state index >= 15 is 0 Å². The smallest absolute Gasteiger partial charge is 0.335 e. The molecule has 0 bridgehead atoms. The first-order valence-corrected chi connectivity index (χ1v) is 6.02. The number of aromatic carboxylic acids is 1. The molecule has 0 fully saturated rings. The molecule has 3 nitrogen and oxygen atoms in total. The molecule has 20 heavy (non-hydrogen) atoms. The molecule has 0 spiro atoms. The van der Waals surface area contributed by atoms with Crippen LogP contribution in [-0.4, -0.2) is 11.1 Å². The van der Waals surface area contributed by atoms with Crippen LogP contribution in [0.2, 0.25) is 0 Å². The Balaban J connectivity index is 2.23. The monoisotopic (exact) mass is 277 g/mol. The fourth-order valence-electron chi connectivity index (χ4n) is 1.92. The van der Waals surface area contributed by atoms with Crippen LogP contribution < -0.4 is 5.32 Å². The molecule has 0 amide bonds. The Kier molecular flexibility index (Phi) is 3.98. The predicted molar refractivity (Wildman–Crippen MR) is 71.8 cm³/mol. The average Bonchev–Trinajstić information content (AvgIpc) is 2.41. The van der Waals surface area contributed by atoms with Gasteiger partial charge in [0.15, 0.2) is 0 Å². The first-order chi connectivity index (χ1) is 9.47. The Morgan fingerprint density at radius 1 is 1.20 bits per heavy atom. The second-order valence-corrected chi connectivity index (χ2v) is 4.42. The molecule has 2 aromatic rings. The second kappa shape index (κ2) is 5.69. The predicted octanol–water partition coefficient (Wildman–Crippen LogP) is 3.84. The van der Waals surface area contributed by atoms with Crippen molar-refractivity contribution < 1.29 is 18.7 Å². The summed E-state index contributed by atoms with van der Waals surface area (Å²) in [5.41, 5.74) is 0.841. The number of hydrogen-bond acceptors (Lipinski definition) is 2. The van der Waals surface area contributed by atoms with Crippen LogP contribution in [-0.2, 0) is 0 Å². The summed E-state index contributed by atoms with van der Waals surface area (Å²) in [5, 5.41) is 11.9. The summed E-state index contributed by atoms with van der Waals surface area (Å²) in [4.78, 5) is 10.9. The molecule has 0 radical (unpaired) electrons. The van der Waals surface area contributed by atoms with Gasteiger partial charge >= 0.3 is 5.97 Å². The minimum atomic E-state index is -1.04. The summed E-state index contributed by atoms with van der Waals surface area (Å²) < 4.78 is 26.8. The van der Waals surface area contributed by atoms with Gasteiger partial charge in [-0.25, -0.2) is 13.6 Å². The van der Waals surface area contributed by atoms with Gasteiger partial charge in [0.05, 0.1) is 11.6 Å². The lowest BCUT2D eigenvalue weighted by atomic mass is 10.1. The molecule has 0 aliphatic heterocycles. The van der Waals surface area contributed by atoms with Crippen molar-refractivity contribution in [1.29, 1.82) is 0 Å². The number of halogens is 2. The second-order valence-electron chi connectivity index (χ2n) is 4.42. The van der Waals surface area contributed by atoms with Gasteiger partial charge in [-0.15, -0.1) is 0 Å². The van der Waals surface area contributed by atoms with E-state index in [2.05, 4.69) is 5.32 Å². The van der Waals surface area contributed by atoms with E-state index in [1.54, 1.807) is 19.1 Å². The Morgan fingerprint density at radius 3 is 2.65 bits per heavy atom. The van der Waals surface area contributed by atoms with Crippen LogP contribution in [0.25, 0.3) is 0 Å². The SMILES string of the molecule is CC(Nc1cccc(C(=O)O)c1)c1cc(F)ccc1F. The van der Waals surface area contributed by atoms with Crippen molar-refractivity contribution in [2.24, 2.45) is 0 Å². The number of rotatable bonds is 4. The summed E-state index contributed by atoms with van der Waals surface area (Å²) in [6.45, 7) is 1.67. The molecule has 0 heterocycles. The largest absolute Gasteiger partial charge is 0.478 e. The first-order valence-electron chi connectivity index (χ1n) is 6.02. The van der Waals surface area contributed by atoms with Gasteiger partial charge in [0.2, 0.25) is 0 Å². The lowest BCUT2D eigenvalue weighted by molar-refractivity contribution is 0.0697. The minimum absolute atomic E-state index is 0.127. The third kappa shape index (κ3) is 3.12. The van der Waals surface area contributed by atoms with Gasteiger partial charge < -0.3 is 10.4 Å². The molecule has 0 aliphatic carbocycles. The van der Waals surface area contributed by atoms with E-state index < -0.39 is 23.6 Å². The zero-order valence-electron chi connectivity index (χ0n) is 10.7. The molecule has 0 aliphatic rings. The zero-order chi connectivity index (χ0) is 14.7. The van der Waals surface area contributed by atoms with Crippen LogP contribution in [0.15, 0.2) is 42.5 Å². The summed E-state index contributed by atoms with van der Waals surface area (Å²) in [6, 6.07) is 8.90. The summed E-state index contributed by atoms with van der Waals surface area (Å²) >= 11 is 0. The molecular formula is C15H13F2NO2. The molecule has 2 rings (SSSR count). The standard InChI is InChI=1S/C15H13F2NO2/c1-9(13-8-11(16)5-6-14(13)17)18-12-4-2-3-10(7-12)15(19)20/h2-9,18H,1H3,(H,19,20). The van der Waals surface area contributed by atoms with Gasteiger partial charge in [-0.1, -0.05) is 6.07 Å². The van der Waals surface area contributed by atoms with E-state index in [9.17, 15) is 13.6 Å². The number of hydrogen-bond donors (Lipinski definition) is 2. The lowest BCUT2D eigenvalue weighted by Crippen LogP contribution is -2.09. The van der Waals surface area contributed by atoms with E-state index in [4.69, 9.17) is 5.11 Å². The van der Waals surface area contributed by atoms with E-state index in [1.807, 2.05) is 0 Å². The highest BCUT2D eigenvalue weighted by Gasteiger charge is 2.12. The van der Waals surface area contributed by atoms with E-state index in [1.165, 1.54) is 12.1 Å². The maximum atomic E-state index is 13.6. The third-order valence-electron chi connectivity index (χ3n) is 2.92. The van der Waals surface area contributed by atoms with Gasteiger partial charge in [-0.05, 0) is 43.3 Å². The number of anilines is 1. The van der Waals surface area contributed by atoms with Crippen molar-refractivity contribution in [3.63, 3.8) is 0 Å². The van der Waals surface area contributed by atoms with Crippen LogP contribution in [0.3, 0.4) is 0 Å². The van der Waals surface area contributed by atoms with Crippen molar-refractivity contribution in [3.8, 4) is 0 Å². The van der Waals surface area contributed by atoms with Gasteiger partial charge in [-0.2, -0.15) is 0 Å². The molecule has 5 heteroatoms. The highest BCUT2D eigenvalue weighted by atomic mass is 19.1. The highest BCUT2D eigenvalue weighted by molar-refractivity contribution is 5.88. The number of carboxylic acid groups (broad SMARTS) is 1. The summed E-state index contributed by atoms with van der Waals surface area (Å²) in [6.07, 6.45) is 0. The van der Waals surface area contributed by atoms with Crippen molar-refractivity contribution in [2.45, 2.75) is 13.0 Å². The quantitative estimate of drug-likeness (QED) is 0.892. The fraction of sp³-hybridized carbons (Fsp3) is 0.133. The van der Waals surface area contributed by atoms with E-state index in [0.717, 1.165) is 18.2 Å². The van der Waals surface area contributed by atoms with Crippen LogP contribution in [0.1, 0.15) is 28.9 Å². The molecule has 2 N–H and O–H groups in total. The number of benzene rings is 2. The van der Waals surface area contributed by atoms with E-state index in [-0.39, 0.29) is 11.1 Å². The van der Waals surface area contributed by atoms with Crippen LogP contribution >= 0.6 is 0 Å². The molecule has 1 unspecified atom stereocenters. The molecule has 104 valence electrons. The van der Waals surface area contributed by atoms with Gasteiger partial charge in [0, 0.05) is 11.3 Å². The van der Waals surface area contributed by atoms with E-state index in [0.29, 0.717) is 5.69 Å². The highest BCUT2D eigenvalue weighted by Crippen LogP contribution is 2.23. The van der Waals surface area contributed by atoms with Crippen LogP contribution in [0.4, 0.5) is 14.5 Å². The van der Waals surface area contributed by atoms with Gasteiger partial charge in [0.25, 0.3) is 0 Å². The van der Waals surface area contributed by atoms with Crippen molar-refractivity contribution in [1.82, 2.24) is 0 Å². The summed E-state index contributed by atoms with van der Waals surface area (Å²) in [7, 11) is 0. The minimum Gasteiger partial charge on any atom is -0.478 e. The maximum Gasteiger partial charge on any atom is 0.335 e. The number of carboxylic acids is 1. The molecule has 0 aromatic heterocycles. The van der Waals surface area contributed by atoms with Crippen molar-refractivity contribution in [3.05, 3.63) is 65.2 Å². The van der Waals surface area contributed by atoms with Gasteiger partial charge in [0.1, 0.15) is 11.6 Å². The topological polar surface area (TPSA) is 49.3 Å². The molecule has 1 atom stereocenters. The number of carbonyl (C=O) groups is 1. The first kappa shape index (κ1) is 14.0.